The third-order valence-electron chi connectivity index (χ3n) is 5.26. The lowest BCUT2D eigenvalue weighted by Crippen LogP contribution is -2.16. The summed E-state index contributed by atoms with van der Waals surface area (Å²) in [7, 11) is 0. The van der Waals surface area contributed by atoms with Gasteiger partial charge in [-0.2, -0.15) is 10.4 Å². The summed E-state index contributed by atoms with van der Waals surface area (Å²) in [6.45, 7) is 4.21. The number of nitrogens with one attached hydrogen (secondary N) is 1. The molecule has 0 radical (unpaired) electrons. The van der Waals surface area contributed by atoms with E-state index in [2.05, 4.69) is 41.1 Å². The van der Waals surface area contributed by atoms with Crippen molar-refractivity contribution in [2.45, 2.75) is 20.5 Å². The largest absolute Gasteiger partial charge is 0.486 e. The van der Waals surface area contributed by atoms with Crippen molar-refractivity contribution in [3.05, 3.63) is 100 Å². The fourth-order valence-corrected chi connectivity index (χ4v) is 3.79. The molecule has 182 valence electrons. The molecule has 36 heavy (non-hydrogen) atoms. The van der Waals surface area contributed by atoms with Crippen molar-refractivity contribution in [1.29, 1.82) is 5.26 Å². The van der Waals surface area contributed by atoms with Crippen LogP contribution in [0.2, 0.25) is 5.02 Å². The molecule has 0 fully saturated rings. The Morgan fingerprint density at radius 1 is 1.08 bits per heavy atom. The van der Waals surface area contributed by atoms with E-state index in [9.17, 15) is 4.79 Å². The van der Waals surface area contributed by atoms with Gasteiger partial charge in [-0.05, 0) is 86.1 Å². The van der Waals surface area contributed by atoms with E-state index < -0.39 is 5.91 Å². The first-order chi connectivity index (χ1) is 17.4. The van der Waals surface area contributed by atoms with Crippen LogP contribution in [0.3, 0.4) is 0 Å². The molecule has 2 aromatic heterocycles. The Balaban J connectivity index is 1.29. The molecule has 4 rings (SSSR count). The van der Waals surface area contributed by atoms with Gasteiger partial charge >= 0.3 is 5.91 Å². The van der Waals surface area contributed by atoms with Crippen LogP contribution in [0, 0.1) is 25.2 Å². The standard InChI is InChI=1S/C27H23ClN4O4/c1-18-3-4-19(2)32(18)21-6-8-22(9-7-21)35-17-23-10-12-26(36-23)27(33)31-30-16-20-5-11-25(24(28)15-20)34-14-13-29/h3-12,15-16H,14,17H2,1-2H3,(H,31,33)/b30-16+. The topological polar surface area (TPSA) is 102 Å². The minimum Gasteiger partial charge on any atom is -0.486 e. The normalized spacial score (nSPS) is 10.8. The molecular weight excluding hydrogens is 480 g/mol. The highest BCUT2D eigenvalue weighted by atomic mass is 35.5. The molecule has 1 amide bonds. The Bertz CT molecular complexity index is 1410. The van der Waals surface area contributed by atoms with Gasteiger partial charge in [0.25, 0.3) is 0 Å². The first-order valence-corrected chi connectivity index (χ1v) is 11.4. The van der Waals surface area contributed by atoms with Gasteiger partial charge in [0, 0.05) is 17.1 Å². The first kappa shape index (κ1) is 24.6. The average molecular weight is 503 g/mol. The summed E-state index contributed by atoms with van der Waals surface area (Å²) < 4.78 is 18.7. The molecule has 0 aliphatic carbocycles. The van der Waals surface area contributed by atoms with Gasteiger partial charge in [-0.3, -0.25) is 4.79 Å². The Labute approximate surface area is 213 Å². The van der Waals surface area contributed by atoms with Crippen LogP contribution < -0.4 is 14.9 Å². The Hall–Kier alpha value is -4.48. The molecular formula is C27H23ClN4O4. The number of nitriles is 1. The molecule has 8 nitrogen and oxygen atoms in total. The number of hydrogen-bond donors (Lipinski definition) is 1. The number of carbonyl (C=O) groups is 1. The number of hydrogen-bond acceptors (Lipinski definition) is 6. The van der Waals surface area contributed by atoms with E-state index in [0.717, 1.165) is 17.1 Å². The van der Waals surface area contributed by atoms with Gasteiger partial charge in [-0.15, -0.1) is 0 Å². The molecule has 0 aliphatic heterocycles. The summed E-state index contributed by atoms with van der Waals surface area (Å²) in [4.78, 5) is 12.3. The fourth-order valence-electron chi connectivity index (χ4n) is 3.54. The highest BCUT2D eigenvalue weighted by Gasteiger charge is 2.11. The minimum absolute atomic E-state index is 0.0977. The third kappa shape index (κ3) is 5.95. The van der Waals surface area contributed by atoms with Gasteiger partial charge in [-0.1, -0.05) is 11.6 Å². The second-order valence-electron chi connectivity index (χ2n) is 7.84. The van der Waals surface area contributed by atoms with Crippen LogP contribution in [0.25, 0.3) is 5.69 Å². The van der Waals surface area contributed by atoms with E-state index in [1.54, 1.807) is 30.3 Å². The minimum atomic E-state index is -0.501. The molecule has 4 aromatic rings. The summed E-state index contributed by atoms with van der Waals surface area (Å²) in [6, 6.07) is 22.0. The summed E-state index contributed by atoms with van der Waals surface area (Å²) in [6.07, 6.45) is 1.44. The summed E-state index contributed by atoms with van der Waals surface area (Å²) in [5, 5.41) is 12.8. The maximum Gasteiger partial charge on any atom is 0.307 e. The van der Waals surface area contributed by atoms with E-state index in [0.29, 0.717) is 27.8 Å². The summed E-state index contributed by atoms with van der Waals surface area (Å²) in [5.74, 6) is 1.20. The Kier molecular flexibility index (Phi) is 7.73. The number of aromatic nitrogens is 1. The zero-order valence-corrected chi connectivity index (χ0v) is 20.5. The van der Waals surface area contributed by atoms with Crippen LogP contribution in [0.4, 0.5) is 0 Å². The van der Waals surface area contributed by atoms with Crippen molar-refractivity contribution in [2.24, 2.45) is 5.10 Å². The van der Waals surface area contributed by atoms with Gasteiger partial charge in [0.05, 0.1) is 11.2 Å². The van der Waals surface area contributed by atoms with Crippen LogP contribution in [-0.4, -0.2) is 23.3 Å². The molecule has 0 atom stereocenters. The molecule has 2 heterocycles. The van der Waals surface area contributed by atoms with Crippen molar-refractivity contribution in [3.63, 3.8) is 0 Å². The molecule has 0 aliphatic rings. The molecule has 9 heteroatoms. The molecule has 2 aromatic carbocycles. The van der Waals surface area contributed by atoms with Crippen molar-refractivity contribution in [1.82, 2.24) is 9.99 Å². The zero-order valence-electron chi connectivity index (χ0n) is 19.7. The number of ether oxygens (including phenoxy) is 2. The Morgan fingerprint density at radius 2 is 1.83 bits per heavy atom. The third-order valence-corrected chi connectivity index (χ3v) is 5.56. The molecule has 0 saturated heterocycles. The maximum atomic E-state index is 12.3. The number of halogens is 1. The van der Waals surface area contributed by atoms with Gasteiger partial charge < -0.3 is 18.5 Å². The SMILES string of the molecule is Cc1ccc(C)n1-c1ccc(OCc2ccc(C(=O)N/N=C/c3ccc(OCC#N)c(Cl)c3)o2)cc1. The predicted molar refractivity (Wildman–Crippen MR) is 136 cm³/mol. The molecule has 0 bridgehead atoms. The van der Waals surface area contributed by atoms with E-state index >= 15 is 0 Å². The highest BCUT2D eigenvalue weighted by molar-refractivity contribution is 6.32. The van der Waals surface area contributed by atoms with Crippen LogP contribution in [0.15, 0.2) is 76.2 Å². The lowest BCUT2D eigenvalue weighted by atomic mass is 10.2. The first-order valence-electron chi connectivity index (χ1n) is 11.0. The molecule has 0 spiro atoms. The molecule has 0 unspecified atom stereocenters. The van der Waals surface area contributed by atoms with Crippen molar-refractivity contribution >= 4 is 23.7 Å². The number of amides is 1. The summed E-state index contributed by atoms with van der Waals surface area (Å²) in [5.41, 5.74) is 6.44. The van der Waals surface area contributed by atoms with Crippen LogP contribution in [-0.2, 0) is 6.61 Å². The van der Waals surface area contributed by atoms with Gasteiger partial charge in [0.2, 0.25) is 0 Å². The predicted octanol–water partition coefficient (Wildman–Crippen LogP) is 5.59. The lowest BCUT2D eigenvalue weighted by molar-refractivity contribution is 0.0923. The van der Waals surface area contributed by atoms with Crippen molar-refractivity contribution in [3.8, 4) is 23.3 Å². The Morgan fingerprint density at radius 3 is 2.53 bits per heavy atom. The van der Waals surface area contributed by atoms with Gasteiger partial charge in [0.1, 0.15) is 29.9 Å². The van der Waals surface area contributed by atoms with Gasteiger partial charge in [0.15, 0.2) is 12.4 Å². The number of carbonyl (C=O) groups excluding carboxylic acids is 1. The molecule has 1 N–H and O–H groups in total. The van der Waals surface area contributed by atoms with Crippen LogP contribution >= 0.6 is 11.6 Å². The van der Waals surface area contributed by atoms with Crippen molar-refractivity contribution in [2.75, 3.05) is 6.61 Å². The highest BCUT2D eigenvalue weighted by Crippen LogP contribution is 2.25. The quantitative estimate of drug-likeness (QED) is 0.237. The lowest BCUT2D eigenvalue weighted by Gasteiger charge is -2.10. The second kappa shape index (κ2) is 11.3. The smallest absolute Gasteiger partial charge is 0.307 e. The van der Waals surface area contributed by atoms with E-state index in [1.165, 1.54) is 6.21 Å². The number of hydrazone groups is 1. The van der Waals surface area contributed by atoms with E-state index in [-0.39, 0.29) is 19.0 Å². The van der Waals surface area contributed by atoms with Crippen molar-refractivity contribution < 1.29 is 18.7 Å². The van der Waals surface area contributed by atoms with E-state index in [1.807, 2.05) is 30.3 Å². The number of furan rings is 1. The average Bonchev–Trinajstić information content (AvgIpc) is 3.49. The van der Waals surface area contributed by atoms with Crippen LogP contribution in [0.1, 0.15) is 33.3 Å². The second-order valence-corrected chi connectivity index (χ2v) is 8.24. The summed E-state index contributed by atoms with van der Waals surface area (Å²) >= 11 is 6.11. The fraction of sp³-hybridized carbons (Fsp3) is 0.148. The monoisotopic (exact) mass is 502 g/mol. The van der Waals surface area contributed by atoms with E-state index in [4.69, 9.17) is 30.8 Å². The van der Waals surface area contributed by atoms with Gasteiger partial charge in [-0.25, -0.2) is 5.43 Å². The number of aryl methyl sites for hydroxylation is 2. The number of nitrogens with zero attached hydrogens (tertiary/aromatic N) is 3. The number of rotatable bonds is 9. The van der Waals surface area contributed by atoms with Crippen LogP contribution in [0.5, 0.6) is 11.5 Å². The number of benzene rings is 2. The maximum absolute atomic E-state index is 12.3. The molecule has 0 saturated carbocycles. The zero-order chi connectivity index (χ0) is 25.5.